The Morgan fingerprint density at radius 2 is 1.39 bits per heavy atom. The maximum atomic E-state index is 12.6. The van der Waals surface area contributed by atoms with E-state index in [2.05, 4.69) is 18.5 Å². The second-order valence-electron chi connectivity index (χ2n) is 8.97. The van der Waals surface area contributed by atoms with Gasteiger partial charge in [-0.25, -0.2) is 14.4 Å². The summed E-state index contributed by atoms with van der Waals surface area (Å²) in [5, 5.41) is 2.67. The number of unbranched alkanes of at least 4 members (excludes halogenated alkanes) is 1. The molecule has 1 N–H and O–H groups in total. The third-order valence-corrected chi connectivity index (χ3v) is 5.63. The Morgan fingerprint density at radius 1 is 0.805 bits per heavy atom. The number of rotatable bonds is 13. The molecule has 0 spiro atoms. The quantitative estimate of drug-likeness (QED) is 0.121. The van der Waals surface area contributed by atoms with Crippen molar-refractivity contribution in [2.24, 2.45) is 0 Å². The van der Waals surface area contributed by atoms with E-state index in [-0.39, 0.29) is 5.91 Å². The van der Waals surface area contributed by atoms with E-state index in [1.165, 1.54) is 6.07 Å². The molecule has 0 heterocycles. The lowest BCUT2D eigenvalue weighted by atomic mass is 10.2. The van der Waals surface area contributed by atoms with Crippen molar-refractivity contribution in [3.63, 3.8) is 0 Å². The zero-order chi connectivity index (χ0) is 29.8. The minimum Gasteiger partial charge on any atom is -0.494 e. The number of aryl methyl sites for hydroxylation is 1. The van der Waals surface area contributed by atoms with Gasteiger partial charge in [0.05, 0.1) is 24.3 Å². The van der Waals surface area contributed by atoms with Crippen LogP contribution in [0.25, 0.3) is 0 Å². The molecule has 0 aliphatic rings. The molecule has 3 aromatic rings. The molecule has 3 aromatic carbocycles. The summed E-state index contributed by atoms with van der Waals surface area (Å²) < 4.78 is 21.5. The standard InChI is InChI=1S/C32H31NO8/c1-5-29(34)39-19-7-6-18-38-26-14-10-24(11-15-26)31(36)40-27-16-17-28(22(4)20-27)41-32(37)23-8-12-25(13-9-23)33-30(35)21(2)3/h5,8-17,20H,1-2,6-7,18-19H2,3-4H3,(H,33,35). The van der Waals surface area contributed by atoms with Crippen LogP contribution in [0.5, 0.6) is 17.2 Å². The number of benzene rings is 3. The zero-order valence-electron chi connectivity index (χ0n) is 22.9. The molecular formula is C32H31NO8. The predicted molar refractivity (Wildman–Crippen MR) is 153 cm³/mol. The summed E-state index contributed by atoms with van der Waals surface area (Å²) in [4.78, 5) is 47.9. The number of nitrogens with one attached hydrogen (secondary N) is 1. The molecule has 0 atom stereocenters. The van der Waals surface area contributed by atoms with Crippen LogP contribution in [-0.4, -0.2) is 37.0 Å². The molecule has 0 saturated heterocycles. The van der Waals surface area contributed by atoms with Crippen LogP contribution in [0, 0.1) is 6.92 Å². The normalized spacial score (nSPS) is 10.2. The Hall–Kier alpha value is -5.18. The minimum atomic E-state index is -0.575. The summed E-state index contributed by atoms with van der Waals surface area (Å²) in [5.74, 6) is -0.682. The van der Waals surface area contributed by atoms with Crippen molar-refractivity contribution in [3.8, 4) is 17.2 Å². The first-order valence-electron chi connectivity index (χ1n) is 12.8. The summed E-state index contributed by atoms with van der Waals surface area (Å²) in [5.41, 5.74) is 2.13. The van der Waals surface area contributed by atoms with Gasteiger partial charge < -0.3 is 24.3 Å². The number of hydrogen-bond donors (Lipinski definition) is 1. The molecule has 0 radical (unpaired) electrons. The monoisotopic (exact) mass is 557 g/mol. The number of hydrogen-bond acceptors (Lipinski definition) is 8. The van der Waals surface area contributed by atoms with Crippen molar-refractivity contribution in [3.05, 3.63) is 108 Å². The SMILES string of the molecule is C=CC(=O)OCCCCOc1ccc(C(=O)Oc2ccc(OC(=O)c3ccc(NC(=O)C(=C)C)cc3)c(C)c2)cc1. The molecule has 3 rings (SSSR count). The van der Waals surface area contributed by atoms with Crippen LogP contribution in [0.3, 0.4) is 0 Å². The smallest absolute Gasteiger partial charge is 0.343 e. The number of carbonyl (C=O) groups excluding carboxylic acids is 4. The molecule has 1 amide bonds. The maximum Gasteiger partial charge on any atom is 0.343 e. The average Bonchev–Trinajstić information content (AvgIpc) is 2.96. The van der Waals surface area contributed by atoms with E-state index in [4.69, 9.17) is 18.9 Å². The van der Waals surface area contributed by atoms with Crippen LogP contribution < -0.4 is 19.5 Å². The molecule has 0 bridgehead atoms. The first-order chi connectivity index (χ1) is 19.7. The molecule has 0 aromatic heterocycles. The summed E-state index contributed by atoms with van der Waals surface area (Å²) in [6, 6.07) is 17.5. The van der Waals surface area contributed by atoms with Gasteiger partial charge in [0.15, 0.2) is 0 Å². The number of esters is 3. The van der Waals surface area contributed by atoms with Crippen LogP contribution in [0.1, 0.15) is 46.0 Å². The summed E-state index contributed by atoms with van der Waals surface area (Å²) in [6.07, 6.45) is 2.47. The molecule has 9 nitrogen and oxygen atoms in total. The van der Waals surface area contributed by atoms with E-state index < -0.39 is 17.9 Å². The van der Waals surface area contributed by atoms with Crippen LogP contribution in [0.4, 0.5) is 5.69 Å². The van der Waals surface area contributed by atoms with Crippen molar-refractivity contribution < 1.29 is 38.1 Å². The molecule has 212 valence electrons. The number of ether oxygens (including phenoxy) is 4. The molecule has 0 saturated carbocycles. The fourth-order valence-corrected chi connectivity index (χ4v) is 3.37. The fourth-order valence-electron chi connectivity index (χ4n) is 3.37. The summed E-state index contributed by atoms with van der Waals surface area (Å²) >= 11 is 0. The van der Waals surface area contributed by atoms with Gasteiger partial charge >= 0.3 is 17.9 Å². The Morgan fingerprint density at radius 3 is 2.00 bits per heavy atom. The Balaban J connectivity index is 1.49. The van der Waals surface area contributed by atoms with Gasteiger partial charge in [0.25, 0.3) is 5.91 Å². The third-order valence-electron chi connectivity index (χ3n) is 5.63. The second-order valence-corrected chi connectivity index (χ2v) is 8.97. The maximum absolute atomic E-state index is 12.6. The van der Waals surface area contributed by atoms with Gasteiger partial charge in [-0.3, -0.25) is 4.79 Å². The molecule has 0 fully saturated rings. The molecule has 9 heteroatoms. The van der Waals surface area contributed by atoms with Gasteiger partial charge in [-0.2, -0.15) is 0 Å². The minimum absolute atomic E-state index is 0.294. The van der Waals surface area contributed by atoms with Gasteiger partial charge in [0, 0.05) is 17.3 Å². The van der Waals surface area contributed by atoms with Gasteiger partial charge in [-0.05, 0) is 99.0 Å². The highest BCUT2D eigenvalue weighted by atomic mass is 16.5. The third kappa shape index (κ3) is 9.50. The summed E-state index contributed by atoms with van der Waals surface area (Å²) in [6.45, 7) is 11.0. The molecule has 41 heavy (non-hydrogen) atoms. The number of anilines is 1. The van der Waals surface area contributed by atoms with Crippen LogP contribution in [-0.2, 0) is 14.3 Å². The lowest BCUT2D eigenvalue weighted by Crippen LogP contribution is -2.13. The highest BCUT2D eigenvalue weighted by Gasteiger charge is 2.14. The fraction of sp³-hybridized carbons (Fsp3) is 0.188. The molecule has 0 unspecified atom stereocenters. The van der Waals surface area contributed by atoms with Crippen LogP contribution in [0.2, 0.25) is 0 Å². The lowest BCUT2D eigenvalue weighted by molar-refractivity contribution is -0.137. The van der Waals surface area contributed by atoms with E-state index in [1.807, 2.05) is 0 Å². The van der Waals surface area contributed by atoms with Crippen molar-refractivity contribution in [1.82, 2.24) is 0 Å². The van der Waals surface area contributed by atoms with Crippen LogP contribution in [0.15, 0.2) is 91.5 Å². The van der Waals surface area contributed by atoms with E-state index in [0.29, 0.717) is 71.3 Å². The topological polar surface area (TPSA) is 117 Å². The Kier molecular flexibility index (Phi) is 11.0. The van der Waals surface area contributed by atoms with E-state index in [1.54, 1.807) is 74.5 Å². The van der Waals surface area contributed by atoms with Crippen molar-refractivity contribution in [1.29, 1.82) is 0 Å². The highest BCUT2D eigenvalue weighted by molar-refractivity contribution is 6.03. The van der Waals surface area contributed by atoms with Gasteiger partial charge in [-0.15, -0.1) is 0 Å². The van der Waals surface area contributed by atoms with Gasteiger partial charge in [0.2, 0.25) is 0 Å². The van der Waals surface area contributed by atoms with E-state index in [0.717, 1.165) is 6.08 Å². The largest absolute Gasteiger partial charge is 0.494 e. The van der Waals surface area contributed by atoms with Crippen molar-refractivity contribution in [2.75, 3.05) is 18.5 Å². The first-order valence-corrected chi connectivity index (χ1v) is 12.8. The van der Waals surface area contributed by atoms with Crippen LogP contribution >= 0.6 is 0 Å². The summed E-state index contributed by atoms with van der Waals surface area (Å²) in [7, 11) is 0. The Bertz CT molecular complexity index is 1430. The first kappa shape index (κ1) is 30.4. The predicted octanol–water partition coefficient (Wildman–Crippen LogP) is 5.84. The Labute approximate surface area is 238 Å². The average molecular weight is 558 g/mol. The number of amides is 1. The van der Waals surface area contributed by atoms with Gasteiger partial charge in [0.1, 0.15) is 17.2 Å². The second kappa shape index (κ2) is 14.8. The lowest BCUT2D eigenvalue weighted by Gasteiger charge is -2.11. The molecule has 0 aliphatic carbocycles. The number of carbonyl (C=O) groups is 4. The highest BCUT2D eigenvalue weighted by Crippen LogP contribution is 2.25. The molecular weight excluding hydrogens is 526 g/mol. The molecule has 0 aliphatic heterocycles. The van der Waals surface area contributed by atoms with Crippen molar-refractivity contribution >= 4 is 29.5 Å². The van der Waals surface area contributed by atoms with E-state index in [9.17, 15) is 19.2 Å². The van der Waals surface area contributed by atoms with Crippen molar-refractivity contribution in [2.45, 2.75) is 26.7 Å². The zero-order valence-corrected chi connectivity index (χ0v) is 22.9. The van der Waals surface area contributed by atoms with E-state index >= 15 is 0 Å². The van der Waals surface area contributed by atoms with Gasteiger partial charge in [-0.1, -0.05) is 13.2 Å².